The van der Waals surface area contributed by atoms with Gasteiger partial charge in [0, 0.05) is 35.0 Å². The number of rotatable bonds is 5. The van der Waals surface area contributed by atoms with Gasteiger partial charge < -0.3 is 10.4 Å². The Morgan fingerprint density at radius 1 is 1.07 bits per heavy atom. The molecule has 3 rings (SSSR count). The molecular formula is C21H18N3O3S+. The largest absolute Gasteiger partial charge is 0.502 e. The summed E-state index contributed by atoms with van der Waals surface area (Å²) in [5.41, 5.74) is 2.52. The minimum atomic E-state index is -0.484. The molecule has 140 valence electrons. The number of anilines is 1. The van der Waals surface area contributed by atoms with Crippen LogP contribution in [0, 0.1) is 17.0 Å². The van der Waals surface area contributed by atoms with Crippen LogP contribution in [-0.2, 0) is 0 Å². The molecule has 2 N–H and O–H groups in total. The van der Waals surface area contributed by atoms with Crippen molar-refractivity contribution < 1.29 is 14.6 Å². The summed E-state index contributed by atoms with van der Waals surface area (Å²) in [6, 6.07) is 18.9. The molecule has 1 heterocycles. The number of aromatic nitrogens is 1. The molecule has 0 amide bonds. The summed E-state index contributed by atoms with van der Waals surface area (Å²) in [4.78, 5) is 10.7. The zero-order valence-electron chi connectivity index (χ0n) is 15.1. The predicted molar refractivity (Wildman–Crippen MR) is 113 cm³/mol. The van der Waals surface area contributed by atoms with Gasteiger partial charge in [-0.25, -0.2) is 0 Å². The van der Waals surface area contributed by atoms with Gasteiger partial charge in [0.1, 0.15) is 0 Å². The lowest BCUT2D eigenvalue weighted by Crippen LogP contribution is -2.38. The Hall–Kier alpha value is -3.58. The second-order valence-corrected chi connectivity index (χ2v) is 6.52. The minimum absolute atomic E-state index is 0.0497. The van der Waals surface area contributed by atoms with Crippen molar-refractivity contribution >= 4 is 40.0 Å². The second kappa shape index (κ2) is 8.41. The van der Waals surface area contributed by atoms with Crippen molar-refractivity contribution in [2.75, 3.05) is 5.32 Å². The number of nitrogens with one attached hydrogen (secondary N) is 1. The average molecular weight is 392 g/mol. The maximum atomic E-state index is 11.0. The lowest BCUT2D eigenvalue weighted by Gasteiger charge is -2.10. The van der Waals surface area contributed by atoms with Gasteiger partial charge in [-0.15, -0.1) is 0 Å². The number of nitro benzene ring substituents is 1. The van der Waals surface area contributed by atoms with Crippen LogP contribution in [-0.4, -0.2) is 15.0 Å². The van der Waals surface area contributed by atoms with Gasteiger partial charge in [-0.2, -0.15) is 4.57 Å². The standard InChI is InChI=1S/C21H17N3O3S/c1-15-6-5-13-23(14-15)19(21(28)22-17-7-3-2-4-8-17)20(25)16-9-11-18(12-10-16)24(26)27/h2-14H,1H3,(H-,22,25,28)/p+1. The van der Waals surface area contributed by atoms with E-state index >= 15 is 0 Å². The van der Waals surface area contributed by atoms with Gasteiger partial charge in [-0.05, 0) is 37.3 Å². The first-order chi connectivity index (χ1) is 13.5. The number of benzene rings is 2. The van der Waals surface area contributed by atoms with Gasteiger partial charge in [0.15, 0.2) is 23.1 Å². The minimum Gasteiger partial charge on any atom is -0.502 e. The monoisotopic (exact) mass is 392 g/mol. The van der Waals surface area contributed by atoms with E-state index in [0.717, 1.165) is 11.3 Å². The van der Waals surface area contributed by atoms with E-state index in [9.17, 15) is 15.2 Å². The Balaban J connectivity index is 2.07. The normalized spacial score (nSPS) is 11.5. The molecular weight excluding hydrogens is 374 g/mol. The third kappa shape index (κ3) is 4.39. The van der Waals surface area contributed by atoms with E-state index in [1.807, 2.05) is 55.6 Å². The smallest absolute Gasteiger partial charge is 0.288 e. The Labute approximate surface area is 167 Å². The molecule has 3 aromatic rings. The molecule has 0 aliphatic rings. The lowest BCUT2D eigenvalue weighted by molar-refractivity contribution is -0.576. The van der Waals surface area contributed by atoms with Crippen LogP contribution in [0.25, 0.3) is 11.5 Å². The molecule has 2 aromatic carbocycles. The maximum Gasteiger partial charge on any atom is 0.288 e. The molecule has 0 fully saturated rings. The summed E-state index contributed by atoms with van der Waals surface area (Å²) in [7, 11) is 0. The highest BCUT2D eigenvalue weighted by atomic mass is 32.1. The fourth-order valence-corrected chi connectivity index (χ4v) is 2.99. The summed E-state index contributed by atoms with van der Waals surface area (Å²) in [6.07, 6.45) is 3.62. The highest BCUT2D eigenvalue weighted by Gasteiger charge is 2.24. The van der Waals surface area contributed by atoms with Crippen molar-refractivity contribution in [3.05, 3.63) is 100 Å². The number of nitro groups is 1. The average Bonchev–Trinajstić information content (AvgIpc) is 2.69. The molecule has 0 atom stereocenters. The van der Waals surface area contributed by atoms with Gasteiger partial charge in [0.2, 0.25) is 0 Å². The Morgan fingerprint density at radius 2 is 1.75 bits per heavy atom. The molecule has 1 aromatic heterocycles. The number of para-hydroxylation sites is 1. The van der Waals surface area contributed by atoms with Crippen LogP contribution in [0.2, 0.25) is 0 Å². The number of nitrogens with zero attached hydrogens (tertiary/aromatic N) is 2. The number of aliphatic hydroxyl groups excluding tert-OH is 1. The first-order valence-corrected chi connectivity index (χ1v) is 8.89. The number of non-ortho nitro benzene ring substituents is 1. The van der Waals surface area contributed by atoms with Gasteiger partial charge in [-0.1, -0.05) is 30.4 Å². The number of pyridine rings is 1. The zero-order chi connectivity index (χ0) is 20.1. The van der Waals surface area contributed by atoms with Crippen LogP contribution >= 0.6 is 12.2 Å². The topological polar surface area (TPSA) is 79.3 Å². The fourth-order valence-electron chi connectivity index (χ4n) is 2.67. The van der Waals surface area contributed by atoms with Gasteiger partial charge in [-0.3, -0.25) is 10.1 Å². The molecule has 0 saturated heterocycles. The van der Waals surface area contributed by atoms with Crippen molar-refractivity contribution in [3.8, 4) is 0 Å². The molecule has 6 nitrogen and oxygen atoms in total. The van der Waals surface area contributed by atoms with Gasteiger partial charge in [0.05, 0.1) is 4.92 Å². The van der Waals surface area contributed by atoms with E-state index in [0.29, 0.717) is 16.2 Å². The number of aliphatic hydroxyl groups is 1. The Kier molecular flexibility index (Phi) is 5.76. The van der Waals surface area contributed by atoms with Crippen LogP contribution in [0.4, 0.5) is 11.4 Å². The van der Waals surface area contributed by atoms with E-state index in [1.54, 1.807) is 10.8 Å². The summed E-state index contributed by atoms with van der Waals surface area (Å²) < 4.78 is 1.73. The quantitative estimate of drug-likeness (QED) is 0.167. The summed E-state index contributed by atoms with van der Waals surface area (Å²) in [5.74, 6) is -0.0843. The first kappa shape index (κ1) is 19.2. The third-order valence-electron chi connectivity index (χ3n) is 4.03. The molecule has 0 unspecified atom stereocenters. The fraction of sp³-hybridized carbons (Fsp3) is 0.0476. The summed E-state index contributed by atoms with van der Waals surface area (Å²) >= 11 is 5.57. The Morgan fingerprint density at radius 3 is 2.36 bits per heavy atom. The van der Waals surface area contributed by atoms with Crippen molar-refractivity contribution in [1.82, 2.24) is 0 Å². The highest BCUT2D eigenvalue weighted by Crippen LogP contribution is 2.21. The highest BCUT2D eigenvalue weighted by molar-refractivity contribution is 7.81. The lowest BCUT2D eigenvalue weighted by atomic mass is 10.1. The van der Waals surface area contributed by atoms with E-state index in [4.69, 9.17) is 12.2 Å². The second-order valence-electron chi connectivity index (χ2n) is 6.11. The van der Waals surface area contributed by atoms with Crippen LogP contribution in [0.3, 0.4) is 0 Å². The molecule has 28 heavy (non-hydrogen) atoms. The SMILES string of the molecule is Cc1ccc[n+](C(C(=S)Nc2ccccc2)=C(O)c2ccc([N+](=O)[O-])cc2)c1. The van der Waals surface area contributed by atoms with E-state index in [2.05, 4.69) is 5.32 Å². The molecule has 0 aliphatic heterocycles. The number of thiocarbonyl (C=S) groups is 1. The van der Waals surface area contributed by atoms with E-state index in [-0.39, 0.29) is 11.4 Å². The molecule has 7 heteroatoms. The van der Waals surface area contributed by atoms with Crippen LogP contribution in [0.15, 0.2) is 79.1 Å². The van der Waals surface area contributed by atoms with Crippen LogP contribution in [0.1, 0.15) is 11.1 Å². The first-order valence-electron chi connectivity index (χ1n) is 8.48. The van der Waals surface area contributed by atoms with Crippen molar-refractivity contribution in [2.45, 2.75) is 6.92 Å². The van der Waals surface area contributed by atoms with Crippen molar-refractivity contribution in [2.24, 2.45) is 0 Å². The maximum absolute atomic E-state index is 11.0. The molecule has 0 bridgehead atoms. The summed E-state index contributed by atoms with van der Waals surface area (Å²) in [5, 5.41) is 25.0. The zero-order valence-corrected chi connectivity index (χ0v) is 15.9. The molecule has 0 aliphatic carbocycles. The van der Waals surface area contributed by atoms with E-state index < -0.39 is 4.92 Å². The van der Waals surface area contributed by atoms with Crippen molar-refractivity contribution in [1.29, 1.82) is 0 Å². The van der Waals surface area contributed by atoms with Crippen molar-refractivity contribution in [3.63, 3.8) is 0 Å². The third-order valence-corrected chi connectivity index (χ3v) is 4.32. The molecule has 0 radical (unpaired) electrons. The van der Waals surface area contributed by atoms with E-state index in [1.165, 1.54) is 24.3 Å². The molecule has 0 spiro atoms. The van der Waals surface area contributed by atoms with Gasteiger partial charge >= 0.3 is 0 Å². The predicted octanol–water partition coefficient (Wildman–Crippen LogP) is 4.51. The number of hydrogen-bond acceptors (Lipinski definition) is 4. The summed E-state index contributed by atoms with van der Waals surface area (Å²) in [6.45, 7) is 1.94. The van der Waals surface area contributed by atoms with Gasteiger partial charge in [0.25, 0.3) is 11.4 Å². The number of hydrogen-bond donors (Lipinski definition) is 2. The van der Waals surface area contributed by atoms with Crippen LogP contribution in [0.5, 0.6) is 0 Å². The number of aryl methyl sites for hydroxylation is 1. The van der Waals surface area contributed by atoms with Crippen LogP contribution < -0.4 is 9.88 Å². The molecule has 0 saturated carbocycles. The Bertz CT molecular complexity index is 1050.